The maximum absolute atomic E-state index is 6.07. The predicted molar refractivity (Wildman–Crippen MR) is 236 cm³/mol. The highest BCUT2D eigenvalue weighted by atomic mass is 32.1. The summed E-state index contributed by atoms with van der Waals surface area (Å²) in [6.45, 7) is 13.4. The molecule has 11 rings (SSSR count). The monoisotopic (exact) mass is 709 g/mol. The third kappa shape index (κ3) is 4.65. The maximum Gasteiger partial charge on any atom is 0.135 e. The summed E-state index contributed by atoms with van der Waals surface area (Å²) in [6, 6.07) is 47.2. The van der Waals surface area contributed by atoms with Gasteiger partial charge in [0.15, 0.2) is 0 Å². The first kappa shape index (κ1) is 32.0. The van der Waals surface area contributed by atoms with E-state index in [9.17, 15) is 0 Å². The van der Waals surface area contributed by atoms with E-state index in [0.717, 1.165) is 33.4 Å². The normalized spacial score (nSPS) is 11.9. The molecule has 3 heterocycles. The Morgan fingerprint density at radius 2 is 1.28 bits per heavy atom. The van der Waals surface area contributed by atoms with Crippen LogP contribution >= 0.6 is 11.3 Å². The van der Waals surface area contributed by atoms with Gasteiger partial charge in [-0.2, -0.15) is 0 Å². The van der Waals surface area contributed by atoms with Crippen LogP contribution in [0.4, 0.5) is 0 Å². The minimum Gasteiger partial charge on any atom is -0.456 e. The van der Waals surface area contributed by atoms with E-state index in [-0.39, 0.29) is 0 Å². The molecule has 10 aromatic rings. The van der Waals surface area contributed by atoms with Crippen molar-refractivity contribution in [2.45, 2.75) is 6.92 Å². The van der Waals surface area contributed by atoms with Crippen LogP contribution in [0.25, 0.3) is 115 Å². The van der Waals surface area contributed by atoms with Crippen molar-refractivity contribution in [3.05, 3.63) is 177 Å². The Balaban J connectivity index is 0.000000680. The summed E-state index contributed by atoms with van der Waals surface area (Å²) in [5.74, 6) is 0.751. The van der Waals surface area contributed by atoms with Crippen molar-refractivity contribution in [3.8, 4) is 39.1 Å². The van der Waals surface area contributed by atoms with Gasteiger partial charge in [0.1, 0.15) is 11.3 Å². The number of allylic oxidation sites excluding steroid dienone is 3. The molecule has 54 heavy (non-hydrogen) atoms. The lowest BCUT2D eigenvalue weighted by molar-refractivity contribution is 0.603. The van der Waals surface area contributed by atoms with Crippen molar-refractivity contribution in [3.63, 3.8) is 0 Å². The summed E-state index contributed by atoms with van der Waals surface area (Å²) in [4.78, 5) is 0. The molecule has 1 aliphatic rings. The second kappa shape index (κ2) is 12.5. The van der Waals surface area contributed by atoms with E-state index in [0.29, 0.717) is 0 Å². The van der Waals surface area contributed by atoms with Crippen LogP contribution in [0.1, 0.15) is 18.2 Å². The van der Waals surface area contributed by atoms with E-state index in [1.807, 2.05) is 36.5 Å². The Hall–Kier alpha value is -6.68. The molecule has 0 saturated carbocycles. The van der Waals surface area contributed by atoms with Gasteiger partial charge in [0.2, 0.25) is 0 Å². The molecule has 3 aromatic heterocycles. The fourth-order valence-electron chi connectivity index (χ4n) is 8.50. The molecule has 0 aliphatic heterocycles. The van der Waals surface area contributed by atoms with Gasteiger partial charge in [0, 0.05) is 47.6 Å². The van der Waals surface area contributed by atoms with Gasteiger partial charge in [0.25, 0.3) is 0 Å². The van der Waals surface area contributed by atoms with E-state index >= 15 is 0 Å². The molecule has 0 radical (unpaired) electrons. The predicted octanol–water partition coefficient (Wildman–Crippen LogP) is 15.4. The maximum atomic E-state index is 6.07. The minimum absolute atomic E-state index is 0.751. The van der Waals surface area contributed by atoms with E-state index in [2.05, 4.69) is 152 Å². The minimum atomic E-state index is 0.751. The van der Waals surface area contributed by atoms with Gasteiger partial charge in [-0.25, -0.2) is 0 Å². The largest absolute Gasteiger partial charge is 0.456 e. The van der Waals surface area contributed by atoms with Gasteiger partial charge < -0.3 is 8.98 Å². The summed E-state index contributed by atoms with van der Waals surface area (Å²) in [6.07, 6.45) is 9.19. The molecule has 2 nitrogen and oxygen atoms in total. The number of hydrogen-bond donors (Lipinski definition) is 0. The number of hydrogen-bond acceptors (Lipinski definition) is 2. The summed E-state index contributed by atoms with van der Waals surface area (Å²) >= 11 is 1.86. The third-order valence-corrected chi connectivity index (χ3v) is 12.0. The van der Waals surface area contributed by atoms with Crippen LogP contribution in [0.5, 0.6) is 0 Å². The van der Waals surface area contributed by atoms with Crippen molar-refractivity contribution in [2.75, 3.05) is 0 Å². The highest BCUT2D eigenvalue weighted by Crippen LogP contribution is 2.51. The molecule has 7 aromatic carbocycles. The first-order valence-corrected chi connectivity index (χ1v) is 19.0. The molecule has 0 saturated heterocycles. The van der Waals surface area contributed by atoms with E-state index < -0.39 is 0 Å². The number of fused-ring (bicyclic) bond motifs is 11. The van der Waals surface area contributed by atoms with Gasteiger partial charge in [-0.3, -0.25) is 0 Å². The summed E-state index contributed by atoms with van der Waals surface area (Å²) in [5.41, 5.74) is 12.9. The second-order valence-corrected chi connectivity index (χ2v) is 14.8. The molecular weight excluding hydrogens is 675 g/mol. The number of nitrogens with zero attached hydrogens (tertiary/aromatic N) is 1. The first-order valence-electron chi connectivity index (χ1n) is 18.2. The van der Waals surface area contributed by atoms with Crippen LogP contribution in [0.2, 0.25) is 0 Å². The van der Waals surface area contributed by atoms with Gasteiger partial charge in [-0.1, -0.05) is 117 Å². The van der Waals surface area contributed by atoms with Crippen LogP contribution in [-0.2, 0) is 0 Å². The molecular formula is C51H35NOS. The van der Waals surface area contributed by atoms with Crippen LogP contribution in [0, 0.1) is 0 Å². The topological polar surface area (TPSA) is 18.1 Å². The lowest BCUT2D eigenvalue weighted by Crippen LogP contribution is -1.94. The molecule has 0 amide bonds. The standard InChI is InChI=1S/C46H27NOS.C5H8/c1-3-29-35-22-27(17-20-42(35)48-41(29)4-2)26-16-19-39-38(23-26)46-34-14-9-13-33-30-10-5-6-11-31(30)37(45(33)34)25-40(46)47(39)28-18-21-44-36(24-28)32-12-7-8-15-43(32)49-44;1-3-5-4-2/h3-25H,1-2H2;3-5H,1H2,2H3/b;5-4-. The highest BCUT2D eigenvalue weighted by molar-refractivity contribution is 7.25. The number of furan rings is 1. The Morgan fingerprint density at radius 1 is 0.556 bits per heavy atom. The number of rotatable bonds is 5. The molecule has 1 aliphatic carbocycles. The Morgan fingerprint density at radius 3 is 2.06 bits per heavy atom. The highest BCUT2D eigenvalue weighted by Gasteiger charge is 2.26. The van der Waals surface area contributed by atoms with Crippen molar-refractivity contribution >= 4 is 87.2 Å². The molecule has 3 heteroatoms. The van der Waals surface area contributed by atoms with E-state index in [1.54, 1.807) is 12.2 Å². The fourth-order valence-corrected chi connectivity index (χ4v) is 9.59. The summed E-state index contributed by atoms with van der Waals surface area (Å²) in [7, 11) is 0. The van der Waals surface area contributed by atoms with Gasteiger partial charge in [-0.05, 0) is 112 Å². The number of thiophene rings is 1. The molecule has 0 bridgehead atoms. The Bertz CT molecular complexity index is 3230. The molecule has 0 unspecified atom stereocenters. The summed E-state index contributed by atoms with van der Waals surface area (Å²) < 4.78 is 11.2. The molecule has 0 N–H and O–H groups in total. The van der Waals surface area contributed by atoms with Crippen molar-refractivity contribution < 1.29 is 4.42 Å². The fraction of sp³-hybridized carbons (Fsp3) is 0.0196. The zero-order chi connectivity index (χ0) is 36.5. The lowest BCUT2D eigenvalue weighted by Gasteiger charge is -2.11. The zero-order valence-corrected chi connectivity index (χ0v) is 30.7. The quantitative estimate of drug-likeness (QED) is 0.163. The van der Waals surface area contributed by atoms with Crippen molar-refractivity contribution in [2.24, 2.45) is 0 Å². The SMILES string of the molecule is C=C/C=C\C.C=Cc1oc2ccc(-c3ccc4c(c3)c3c5cccc6c5c(cc3n4-c3ccc4sc5ccccc5c4c3)-c3ccccc3-6)cc2c1C=C. The first-order chi connectivity index (χ1) is 26.6. The zero-order valence-electron chi connectivity index (χ0n) is 29.9. The van der Waals surface area contributed by atoms with Crippen molar-refractivity contribution in [1.29, 1.82) is 0 Å². The molecule has 0 spiro atoms. The molecule has 0 atom stereocenters. The summed E-state index contributed by atoms with van der Waals surface area (Å²) in [5, 5.41) is 8.81. The third-order valence-electron chi connectivity index (χ3n) is 10.8. The van der Waals surface area contributed by atoms with Crippen LogP contribution in [-0.4, -0.2) is 4.57 Å². The Labute approximate surface area is 317 Å². The van der Waals surface area contributed by atoms with Crippen molar-refractivity contribution in [1.82, 2.24) is 4.57 Å². The Kier molecular flexibility index (Phi) is 7.40. The lowest BCUT2D eigenvalue weighted by atomic mass is 9.96. The molecule has 256 valence electrons. The van der Waals surface area contributed by atoms with Gasteiger partial charge in [-0.15, -0.1) is 11.3 Å². The number of aromatic nitrogens is 1. The van der Waals surface area contributed by atoms with Gasteiger partial charge in [0.05, 0.1) is 11.0 Å². The number of benzene rings is 7. The van der Waals surface area contributed by atoms with Gasteiger partial charge >= 0.3 is 0 Å². The van der Waals surface area contributed by atoms with E-state index in [4.69, 9.17) is 4.42 Å². The second-order valence-electron chi connectivity index (χ2n) is 13.7. The average Bonchev–Trinajstić information content (AvgIpc) is 3.96. The van der Waals surface area contributed by atoms with E-state index in [1.165, 1.54) is 80.7 Å². The molecule has 0 fully saturated rings. The van der Waals surface area contributed by atoms with Crippen LogP contribution in [0.15, 0.2) is 170 Å². The average molecular weight is 710 g/mol. The van der Waals surface area contributed by atoms with Crippen LogP contribution in [0.3, 0.4) is 0 Å². The smallest absolute Gasteiger partial charge is 0.135 e. The van der Waals surface area contributed by atoms with Crippen LogP contribution < -0.4 is 0 Å².